The van der Waals surface area contributed by atoms with Crippen LogP contribution in [0.25, 0.3) is 0 Å². The van der Waals surface area contributed by atoms with Crippen molar-refractivity contribution in [3.05, 3.63) is 28.3 Å². The third-order valence-electron chi connectivity index (χ3n) is 5.77. The Balaban J connectivity index is 2.82. The molecule has 26 heavy (non-hydrogen) atoms. The van der Waals surface area contributed by atoms with Crippen LogP contribution in [0.3, 0.4) is 0 Å². The van der Waals surface area contributed by atoms with E-state index in [4.69, 9.17) is 0 Å². The van der Waals surface area contributed by atoms with Gasteiger partial charge in [0.2, 0.25) is 0 Å². The fourth-order valence-electron chi connectivity index (χ4n) is 4.02. The van der Waals surface area contributed by atoms with E-state index in [1.165, 1.54) is 100 Å². The van der Waals surface area contributed by atoms with Crippen molar-refractivity contribution in [3.63, 3.8) is 0 Å². The number of aromatic hydroxyl groups is 1. The van der Waals surface area contributed by atoms with E-state index in [0.29, 0.717) is 5.75 Å². The summed E-state index contributed by atoms with van der Waals surface area (Å²) < 4.78 is 0. The van der Waals surface area contributed by atoms with Crippen LogP contribution in [0.5, 0.6) is 5.75 Å². The van der Waals surface area contributed by atoms with E-state index in [0.717, 1.165) is 12.8 Å². The van der Waals surface area contributed by atoms with E-state index < -0.39 is 0 Å². The smallest absolute Gasteiger partial charge is 0.119 e. The highest BCUT2D eigenvalue weighted by molar-refractivity contribution is 5.49. The Morgan fingerprint density at radius 3 is 1.69 bits per heavy atom. The maximum Gasteiger partial charge on any atom is 0.119 e. The average Bonchev–Trinajstić information content (AvgIpc) is 2.63. The molecule has 0 bridgehead atoms. The van der Waals surface area contributed by atoms with Gasteiger partial charge in [-0.3, -0.25) is 0 Å². The minimum absolute atomic E-state index is 0.550. The molecule has 0 saturated carbocycles. The lowest BCUT2D eigenvalue weighted by Gasteiger charge is -2.18. The molecule has 1 aromatic carbocycles. The molecule has 0 atom stereocenters. The molecule has 0 aromatic heterocycles. The van der Waals surface area contributed by atoms with Gasteiger partial charge in [0.1, 0.15) is 5.75 Å². The van der Waals surface area contributed by atoms with Crippen LogP contribution in [0, 0.1) is 6.92 Å². The molecule has 0 saturated heterocycles. The lowest BCUT2D eigenvalue weighted by atomic mass is 9.88. The fraction of sp³-hybridized carbons (Fsp3) is 0.760. The zero-order valence-corrected chi connectivity index (χ0v) is 18.1. The lowest BCUT2D eigenvalue weighted by Crippen LogP contribution is -2.03. The van der Waals surface area contributed by atoms with Crippen LogP contribution < -0.4 is 0 Å². The topological polar surface area (TPSA) is 20.2 Å². The lowest BCUT2D eigenvalue weighted by molar-refractivity contribution is 0.464. The summed E-state index contributed by atoms with van der Waals surface area (Å²) in [6, 6.07) is 2.11. The van der Waals surface area contributed by atoms with Gasteiger partial charge in [0.05, 0.1) is 0 Å². The SMILES string of the molecule is CCCCCCCc1cc(O)c(CCCC)c(C)c1CCCCCCC. The van der Waals surface area contributed by atoms with Gasteiger partial charge in [-0.25, -0.2) is 0 Å². The minimum Gasteiger partial charge on any atom is -0.508 e. The molecule has 0 aliphatic carbocycles. The monoisotopic (exact) mass is 360 g/mol. The number of phenols is 1. The van der Waals surface area contributed by atoms with Gasteiger partial charge in [-0.15, -0.1) is 0 Å². The number of benzene rings is 1. The van der Waals surface area contributed by atoms with Crippen molar-refractivity contribution >= 4 is 0 Å². The van der Waals surface area contributed by atoms with Crippen LogP contribution in [0.15, 0.2) is 6.07 Å². The predicted octanol–water partition coefficient (Wildman–Crippen LogP) is 8.07. The maximum absolute atomic E-state index is 10.6. The highest BCUT2D eigenvalue weighted by Crippen LogP contribution is 2.31. The molecule has 0 fully saturated rings. The van der Waals surface area contributed by atoms with Gasteiger partial charge in [-0.05, 0) is 73.8 Å². The number of aryl methyl sites for hydroxylation is 1. The summed E-state index contributed by atoms with van der Waals surface area (Å²) in [4.78, 5) is 0. The standard InChI is InChI=1S/C25H44O/c1-5-8-11-13-15-17-22-20-25(26)24(18-10-7-3)21(4)23(22)19-16-14-12-9-6-2/h20,26H,5-19H2,1-4H3. The number of phenolic OH excluding ortho intramolecular Hbond substituents is 1. The Morgan fingerprint density at radius 1 is 0.615 bits per heavy atom. The van der Waals surface area contributed by atoms with Crippen LogP contribution in [0.2, 0.25) is 0 Å². The van der Waals surface area contributed by atoms with Gasteiger partial charge in [0.15, 0.2) is 0 Å². The third kappa shape index (κ3) is 8.14. The Hall–Kier alpha value is -0.980. The third-order valence-corrected chi connectivity index (χ3v) is 5.77. The molecule has 0 amide bonds. The second-order valence-corrected chi connectivity index (χ2v) is 8.07. The van der Waals surface area contributed by atoms with Crippen LogP contribution in [0.1, 0.15) is 120 Å². The Morgan fingerprint density at radius 2 is 1.12 bits per heavy atom. The Labute approximate surface area is 163 Å². The molecular formula is C25H44O. The van der Waals surface area contributed by atoms with E-state index in [2.05, 4.69) is 33.8 Å². The molecule has 0 radical (unpaired) electrons. The Kier molecular flexibility index (Phi) is 12.5. The second-order valence-electron chi connectivity index (χ2n) is 8.07. The molecule has 1 N–H and O–H groups in total. The fourth-order valence-corrected chi connectivity index (χ4v) is 4.02. The first-order valence-corrected chi connectivity index (χ1v) is 11.5. The second kappa shape index (κ2) is 14.1. The number of hydrogen-bond acceptors (Lipinski definition) is 1. The number of unbranched alkanes of at least 4 members (excludes halogenated alkanes) is 9. The van der Waals surface area contributed by atoms with Crippen molar-refractivity contribution in [1.82, 2.24) is 0 Å². The molecule has 0 spiro atoms. The molecule has 1 nitrogen and oxygen atoms in total. The van der Waals surface area contributed by atoms with Crippen molar-refractivity contribution in [2.24, 2.45) is 0 Å². The highest BCUT2D eigenvalue weighted by atomic mass is 16.3. The van der Waals surface area contributed by atoms with Crippen LogP contribution in [-0.2, 0) is 19.3 Å². The van der Waals surface area contributed by atoms with Gasteiger partial charge in [0, 0.05) is 0 Å². The highest BCUT2D eigenvalue weighted by Gasteiger charge is 2.14. The predicted molar refractivity (Wildman–Crippen MR) is 116 cm³/mol. The van der Waals surface area contributed by atoms with Crippen molar-refractivity contribution in [2.45, 2.75) is 124 Å². The summed E-state index contributed by atoms with van der Waals surface area (Å²) in [7, 11) is 0. The van der Waals surface area contributed by atoms with Crippen molar-refractivity contribution in [1.29, 1.82) is 0 Å². The normalized spacial score (nSPS) is 11.2. The van der Waals surface area contributed by atoms with Crippen molar-refractivity contribution in [3.8, 4) is 5.75 Å². The largest absolute Gasteiger partial charge is 0.508 e. The minimum atomic E-state index is 0.550. The van der Waals surface area contributed by atoms with Gasteiger partial charge >= 0.3 is 0 Å². The van der Waals surface area contributed by atoms with Crippen molar-refractivity contribution < 1.29 is 5.11 Å². The van der Waals surface area contributed by atoms with E-state index in [1.807, 2.05) is 0 Å². The molecule has 0 unspecified atom stereocenters. The van der Waals surface area contributed by atoms with Gasteiger partial charge in [-0.1, -0.05) is 78.6 Å². The van der Waals surface area contributed by atoms with E-state index in [-0.39, 0.29) is 0 Å². The Bertz CT molecular complexity index is 489. The van der Waals surface area contributed by atoms with E-state index in [9.17, 15) is 5.11 Å². The molecule has 1 aromatic rings. The molecular weight excluding hydrogens is 316 g/mol. The quantitative estimate of drug-likeness (QED) is 0.313. The molecule has 0 aliphatic rings. The summed E-state index contributed by atoms with van der Waals surface area (Å²) in [5.74, 6) is 0.550. The van der Waals surface area contributed by atoms with Crippen LogP contribution in [-0.4, -0.2) is 5.11 Å². The van der Waals surface area contributed by atoms with Crippen molar-refractivity contribution in [2.75, 3.05) is 0 Å². The first kappa shape index (κ1) is 23.1. The van der Waals surface area contributed by atoms with E-state index in [1.54, 1.807) is 5.56 Å². The van der Waals surface area contributed by atoms with Crippen LogP contribution >= 0.6 is 0 Å². The van der Waals surface area contributed by atoms with Gasteiger partial charge in [0.25, 0.3) is 0 Å². The zero-order chi connectivity index (χ0) is 19.2. The van der Waals surface area contributed by atoms with Crippen LogP contribution in [0.4, 0.5) is 0 Å². The summed E-state index contributed by atoms with van der Waals surface area (Å²) in [6.45, 7) is 9.03. The molecule has 0 heterocycles. The van der Waals surface area contributed by atoms with Gasteiger partial charge in [-0.2, -0.15) is 0 Å². The molecule has 0 aliphatic heterocycles. The van der Waals surface area contributed by atoms with Gasteiger partial charge < -0.3 is 5.11 Å². The molecule has 1 heteroatoms. The molecule has 150 valence electrons. The summed E-state index contributed by atoms with van der Waals surface area (Å²) in [6.07, 6.45) is 19.0. The first-order chi connectivity index (χ1) is 12.7. The molecule has 1 rings (SSSR count). The summed E-state index contributed by atoms with van der Waals surface area (Å²) >= 11 is 0. The number of rotatable bonds is 15. The summed E-state index contributed by atoms with van der Waals surface area (Å²) in [5, 5.41) is 10.6. The first-order valence-electron chi connectivity index (χ1n) is 11.5. The summed E-state index contributed by atoms with van der Waals surface area (Å²) in [5.41, 5.74) is 5.58. The zero-order valence-electron chi connectivity index (χ0n) is 18.1. The average molecular weight is 361 g/mol. The number of hydrogen-bond donors (Lipinski definition) is 1. The maximum atomic E-state index is 10.6. The van der Waals surface area contributed by atoms with E-state index >= 15 is 0 Å².